The molecular formula is C18H27NO2. The summed E-state index contributed by atoms with van der Waals surface area (Å²) in [6.07, 6.45) is 5.03. The van der Waals surface area contributed by atoms with Gasteiger partial charge in [0.25, 0.3) is 0 Å². The molecule has 21 heavy (non-hydrogen) atoms. The predicted molar refractivity (Wildman–Crippen MR) is 84.6 cm³/mol. The van der Waals surface area contributed by atoms with Gasteiger partial charge >= 0.3 is 0 Å². The second-order valence-corrected chi connectivity index (χ2v) is 6.89. The van der Waals surface area contributed by atoms with Crippen molar-refractivity contribution in [2.75, 3.05) is 26.9 Å². The summed E-state index contributed by atoms with van der Waals surface area (Å²) in [4.78, 5) is 0. The Labute approximate surface area is 128 Å². The summed E-state index contributed by atoms with van der Waals surface area (Å²) in [5.41, 5.74) is 1.78. The Bertz CT molecular complexity index is 447. The Kier molecular flexibility index (Phi) is 4.51. The van der Waals surface area contributed by atoms with Gasteiger partial charge in [-0.1, -0.05) is 19.1 Å². The van der Waals surface area contributed by atoms with E-state index in [1.54, 1.807) is 7.11 Å². The Morgan fingerprint density at radius 1 is 1.24 bits per heavy atom. The van der Waals surface area contributed by atoms with Crippen molar-refractivity contribution in [3.63, 3.8) is 0 Å². The number of hydrogen-bond acceptors (Lipinski definition) is 3. The molecule has 1 unspecified atom stereocenters. The zero-order chi connectivity index (χ0) is 14.7. The fourth-order valence-electron chi connectivity index (χ4n) is 3.19. The quantitative estimate of drug-likeness (QED) is 0.868. The zero-order valence-electron chi connectivity index (χ0n) is 13.2. The number of nitrogens with one attached hydrogen (secondary N) is 1. The molecule has 1 heterocycles. The van der Waals surface area contributed by atoms with E-state index in [9.17, 15) is 0 Å². The first kappa shape index (κ1) is 14.9. The molecule has 3 nitrogen and oxygen atoms in total. The third kappa shape index (κ3) is 3.78. The molecule has 0 bridgehead atoms. The van der Waals surface area contributed by atoms with Crippen molar-refractivity contribution in [2.24, 2.45) is 11.3 Å². The fraction of sp³-hybridized carbons (Fsp3) is 0.667. The second-order valence-electron chi connectivity index (χ2n) is 6.89. The molecule has 1 aliphatic heterocycles. The average Bonchev–Trinajstić information content (AvgIpc) is 3.34. The van der Waals surface area contributed by atoms with Gasteiger partial charge in [-0.2, -0.15) is 0 Å². The van der Waals surface area contributed by atoms with Crippen molar-refractivity contribution in [2.45, 2.75) is 38.6 Å². The fourth-order valence-corrected chi connectivity index (χ4v) is 3.19. The molecule has 2 aliphatic rings. The van der Waals surface area contributed by atoms with Gasteiger partial charge in [0.2, 0.25) is 0 Å². The molecule has 3 rings (SSSR count). The lowest BCUT2D eigenvalue weighted by Crippen LogP contribution is -2.38. The standard InChI is InChI=1S/C18H27NO2/c1-18(9-11-21-12-10-18)13-19-17(14-3-4-14)15-5-7-16(20-2)8-6-15/h5-8,14,17,19H,3-4,9-13H2,1-2H3. The number of rotatable bonds is 6. The van der Waals surface area contributed by atoms with E-state index < -0.39 is 0 Å². The maximum absolute atomic E-state index is 5.50. The largest absolute Gasteiger partial charge is 0.497 e. The Morgan fingerprint density at radius 2 is 1.90 bits per heavy atom. The van der Waals surface area contributed by atoms with Crippen LogP contribution in [0.1, 0.15) is 44.2 Å². The highest BCUT2D eigenvalue weighted by molar-refractivity contribution is 5.30. The van der Waals surface area contributed by atoms with Crippen molar-refractivity contribution in [3.05, 3.63) is 29.8 Å². The number of ether oxygens (including phenoxy) is 2. The summed E-state index contributed by atoms with van der Waals surface area (Å²) in [5.74, 6) is 1.74. The highest BCUT2D eigenvalue weighted by Crippen LogP contribution is 2.42. The number of benzene rings is 1. The van der Waals surface area contributed by atoms with Crippen LogP contribution >= 0.6 is 0 Å². The summed E-state index contributed by atoms with van der Waals surface area (Å²) >= 11 is 0. The van der Waals surface area contributed by atoms with Gasteiger partial charge in [0, 0.05) is 25.8 Å². The molecule has 116 valence electrons. The Hall–Kier alpha value is -1.06. The van der Waals surface area contributed by atoms with Gasteiger partial charge in [0.15, 0.2) is 0 Å². The van der Waals surface area contributed by atoms with E-state index in [1.807, 2.05) is 0 Å². The smallest absolute Gasteiger partial charge is 0.118 e. The minimum absolute atomic E-state index is 0.387. The number of hydrogen-bond donors (Lipinski definition) is 1. The molecule has 0 amide bonds. The van der Waals surface area contributed by atoms with Crippen LogP contribution in [0.25, 0.3) is 0 Å². The molecule has 1 saturated heterocycles. The summed E-state index contributed by atoms with van der Waals surface area (Å²) in [7, 11) is 1.72. The van der Waals surface area contributed by atoms with Gasteiger partial charge in [-0.15, -0.1) is 0 Å². The molecule has 1 aromatic rings. The van der Waals surface area contributed by atoms with E-state index in [1.165, 1.54) is 31.2 Å². The zero-order valence-corrected chi connectivity index (χ0v) is 13.2. The lowest BCUT2D eigenvalue weighted by Gasteiger charge is -2.35. The molecule has 0 radical (unpaired) electrons. The Balaban J connectivity index is 1.64. The average molecular weight is 289 g/mol. The molecule has 0 aromatic heterocycles. The first-order valence-electron chi connectivity index (χ1n) is 8.15. The molecule has 3 heteroatoms. The van der Waals surface area contributed by atoms with Crippen LogP contribution < -0.4 is 10.1 Å². The summed E-state index contributed by atoms with van der Waals surface area (Å²) in [6, 6.07) is 9.06. The van der Waals surface area contributed by atoms with E-state index in [0.717, 1.165) is 31.4 Å². The van der Waals surface area contributed by atoms with Crippen LogP contribution in [0, 0.1) is 11.3 Å². The first-order chi connectivity index (χ1) is 10.2. The van der Waals surface area contributed by atoms with Crippen molar-refractivity contribution in [3.8, 4) is 5.75 Å². The second kappa shape index (κ2) is 6.37. The SMILES string of the molecule is COc1ccc(C(NCC2(C)CCOCC2)C2CC2)cc1. The highest BCUT2D eigenvalue weighted by Gasteiger charge is 2.34. The highest BCUT2D eigenvalue weighted by atomic mass is 16.5. The topological polar surface area (TPSA) is 30.5 Å². The van der Waals surface area contributed by atoms with Gasteiger partial charge in [-0.25, -0.2) is 0 Å². The lowest BCUT2D eigenvalue weighted by atomic mass is 9.82. The number of methoxy groups -OCH3 is 1. The summed E-state index contributed by atoms with van der Waals surface area (Å²) in [6.45, 7) is 5.30. The molecule has 1 aromatic carbocycles. The molecule has 1 saturated carbocycles. The van der Waals surface area contributed by atoms with Crippen LogP contribution in [-0.2, 0) is 4.74 Å². The van der Waals surface area contributed by atoms with Crippen LogP contribution in [0.2, 0.25) is 0 Å². The van der Waals surface area contributed by atoms with Gasteiger partial charge in [-0.3, -0.25) is 0 Å². The van der Waals surface area contributed by atoms with E-state index in [-0.39, 0.29) is 0 Å². The van der Waals surface area contributed by atoms with Crippen LogP contribution in [0.4, 0.5) is 0 Å². The van der Waals surface area contributed by atoms with Crippen LogP contribution in [0.15, 0.2) is 24.3 Å². The van der Waals surface area contributed by atoms with E-state index in [0.29, 0.717) is 11.5 Å². The van der Waals surface area contributed by atoms with Gasteiger partial charge < -0.3 is 14.8 Å². The van der Waals surface area contributed by atoms with E-state index >= 15 is 0 Å². The van der Waals surface area contributed by atoms with Gasteiger partial charge in [0.05, 0.1) is 7.11 Å². The van der Waals surface area contributed by atoms with Gasteiger partial charge in [-0.05, 0) is 54.7 Å². The molecular weight excluding hydrogens is 262 g/mol. The van der Waals surface area contributed by atoms with E-state index in [2.05, 4.69) is 36.5 Å². The minimum Gasteiger partial charge on any atom is -0.497 e. The molecule has 1 N–H and O–H groups in total. The van der Waals surface area contributed by atoms with Crippen molar-refractivity contribution < 1.29 is 9.47 Å². The third-order valence-corrected chi connectivity index (χ3v) is 5.02. The first-order valence-corrected chi connectivity index (χ1v) is 8.15. The third-order valence-electron chi connectivity index (χ3n) is 5.02. The van der Waals surface area contributed by atoms with Crippen LogP contribution in [-0.4, -0.2) is 26.9 Å². The molecule has 1 atom stereocenters. The lowest BCUT2D eigenvalue weighted by molar-refractivity contribution is 0.0225. The monoisotopic (exact) mass is 289 g/mol. The predicted octanol–water partition coefficient (Wildman–Crippen LogP) is 3.55. The summed E-state index contributed by atoms with van der Waals surface area (Å²) < 4.78 is 10.8. The molecule has 2 fully saturated rings. The summed E-state index contributed by atoms with van der Waals surface area (Å²) in [5, 5.41) is 3.85. The van der Waals surface area contributed by atoms with Crippen LogP contribution in [0.5, 0.6) is 5.75 Å². The normalized spacial score (nSPS) is 22.8. The maximum atomic E-state index is 5.50. The molecule has 0 spiro atoms. The minimum atomic E-state index is 0.387. The van der Waals surface area contributed by atoms with Crippen molar-refractivity contribution >= 4 is 0 Å². The Morgan fingerprint density at radius 3 is 2.48 bits per heavy atom. The van der Waals surface area contributed by atoms with Crippen LogP contribution in [0.3, 0.4) is 0 Å². The van der Waals surface area contributed by atoms with Gasteiger partial charge in [0.1, 0.15) is 5.75 Å². The maximum Gasteiger partial charge on any atom is 0.118 e. The molecule has 1 aliphatic carbocycles. The van der Waals surface area contributed by atoms with E-state index in [4.69, 9.17) is 9.47 Å². The van der Waals surface area contributed by atoms with Crippen molar-refractivity contribution in [1.82, 2.24) is 5.32 Å². The van der Waals surface area contributed by atoms with Crippen molar-refractivity contribution in [1.29, 1.82) is 0 Å².